The average molecular weight is 913 g/mol. The zero-order chi connectivity index (χ0) is 45.8. The molecular weight excluding hydrogens is 857 g/mol. The normalized spacial score (nSPS) is 18.4. The minimum Gasteiger partial charge on any atom is -0.497 e. The standard InChI is InChI=1S/C47H56N6O11S/c1-46(2,3)63-45(55)51(40-27-34(30-14-15-30)53(48-40)42-11-8-9-22-62-42)35-26-36-33(25-37(35)59-5)44(49-64-36)50(28-29-12-16-32(58-4)17-13-29)65(56,57)43-38(60-6)23-31(24-39(43)61-7)52-41(54)18-21-47(52)19-10-20-47/h12-13,16-17,23-27,30,42H,8-11,14-15,18-22,28H2,1-7H3. The molecule has 5 aromatic rings. The molecule has 1 atom stereocenters. The Kier molecular flexibility index (Phi) is 11.6. The minimum atomic E-state index is -4.65. The highest BCUT2D eigenvalue weighted by atomic mass is 32.2. The van der Waals surface area contributed by atoms with Gasteiger partial charge >= 0.3 is 6.09 Å². The summed E-state index contributed by atoms with van der Waals surface area (Å²) >= 11 is 0. The number of hydrogen-bond donors (Lipinski definition) is 0. The van der Waals surface area contributed by atoms with Crippen molar-refractivity contribution in [2.45, 2.75) is 120 Å². The second-order valence-electron chi connectivity index (χ2n) is 18.2. The number of benzene rings is 3. The van der Waals surface area contributed by atoms with Gasteiger partial charge in [0.15, 0.2) is 28.3 Å². The highest BCUT2D eigenvalue weighted by molar-refractivity contribution is 7.93. The van der Waals surface area contributed by atoms with Crippen molar-refractivity contribution in [3.05, 3.63) is 65.9 Å². The molecule has 17 nitrogen and oxygen atoms in total. The van der Waals surface area contributed by atoms with Crippen molar-refractivity contribution >= 4 is 56.0 Å². The molecule has 0 bridgehead atoms. The van der Waals surface area contributed by atoms with Crippen LogP contribution in [0.25, 0.3) is 11.0 Å². The molecule has 346 valence electrons. The molecule has 4 heterocycles. The average Bonchev–Trinajstić information content (AvgIpc) is 3.74. The summed E-state index contributed by atoms with van der Waals surface area (Å²) in [6.07, 6.45) is 7.62. The molecule has 9 rings (SSSR count). The van der Waals surface area contributed by atoms with Gasteiger partial charge in [-0.2, -0.15) is 5.10 Å². The Labute approximate surface area is 378 Å². The van der Waals surface area contributed by atoms with E-state index < -0.39 is 21.7 Å². The molecule has 4 aliphatic rings. The van der Waals surface area contributed by atoms with Gasteiger partial charge in [0.1, 0.15) is 28.6 Å². The monoisotopic (exact) mass is 912 g/mol. The van der Waals surface area contributed by atoms with Crippen molar-refractivity contribution in [2.24, 2.45) is 0 Å². The third-order valence-electron chi connectivity index (χ3n) is 12.8. The number of anilines is 4. The van der Waals surface area contributed by atoms with Crippen LogP contribution >= 0.6 is 0 Å². The SMILES string of the molecule is COc1ccc(CN(c2noc3cc(N(C(=O)OC(C)(C)C)c4cc(C5CC5)n(C5CCCCO5)n4)c(OC)cc23)S(=O)(=O)c2c(OC)cc(N3C(=O)CCC34CCC4)cc2OC)cc1. The summed E-state index contributed by atoms with van der Waals surface area (Å²) in [6.45, 7) is 5.75. The molecule has 3 aromatic carbocycles. The number of hydrogen-bond acceptors (Lipinski definition) is 13. The highest BCUT2D eigenvalue weighted by Gasteiger charge is 2.50. The van der Waals surface area contributed by atoms with Crippen LogP contribution < -0.4 is 33.1 Å². The molecule has 2 amide bonds. The number of amides is 2. The first-order chi connectivity index (χ1) is 31.2. The third kappa shape index (κ3) is 8.19. The van der Waals surface area contributed by atoms with Crippen molar-refractivity contribution in [2.75, 3.05) is 49.2 Å². The molecule has 1 spiro atoms. The van der Waals surface area contributed by atoms with Crippen LogP contribution in [0.2, 0.25) is 0 Å². The van der Waals surface area contributed by atoms with Gasteiger partial charge in [0, 0.05) is 54.4 Å². The molecule has 4 fully saturated rings. The van der Waals surface area contributed by atoms with Crippen LogP contribution in [0, 0.1) is 0 Å². The van der Waals surface area contributed by atoms with Crippen molar-refractivity contribution in [3.63, 3.8) is 0 Å². The maximum absolute atomic E-state index is 15.5. The van der Waals surface area contributed by atoms with E-state index in [0.29, 0.717) is 35.8 Å². The van der Waals surface area contributed by atoms with Crippen LogP contribution in [-0.4, -0.2) is 81.5 Å². The Morgan fingerprint density at radius 1 is 0.877 bits per heavy atom. The number of carbonyl (C=O) groups is 2. The van der Waals surface area contributed by atoms with E-state index in [0.717, 1.165) is 67.8 Å². The van der Waals surface area contributed by atoms with Gasteiger partial charge in [-0.15, -0.1) is 0 Å². The summed E-state index contributed by atoms with van der Waals surface area (Å²) in [7, 11) is 1.11. The molecule has 2 aromatic heterocycles. The van der Waals surface area contributed by atoms with Gasteiger partial charge in [0.2, 0.25) is 5.91 Å². The molecule has 0 N–H and O–H groups in total. The smallest absolute Gasteiger partial charge is 0.420 e. The van der Waals surface area contributed by atoms with Crippen molar-refractivity contribution < 1.29 is 51.0 Å². The second-order valence-corrected chi connectivity index (χ2v) is 20.0. The Morgan fingerprint density at radius 3 is 2.17 bits per heavy atom. The van der Waals surface area contributed by atoms with Crippen LogP contribution in [0.4, 0.5) is 27.8 Å². The summed E-state index contributed by atoms with van der Waals surface area (Å²) in [5.74, 6) is 1.21. The maximum Gasteiger partial charge on any atom is 0.420 e. The first-order valence-electron chi connectivity index (χ1n) is 22.1. The molecular formula is C47H56N6O11S. The van der Waals surface area contributed by atoms with Crippen LogP contribution in [0.15, 0.2) is 64.0 Å². The van der Waals surface area contributed by atoms with Crippen molar-refractivity contribution in [1.82, 2.24) is 14.9 Å². The quantitative estimate of drug-likeness (QED) is 0.103. The molecule has 2 saturated carbocycles. The van der Waals surface area contributed by atoms with Crippen molar-refractivity contribution in [3.8, 4) is 23.0 Å². The molecule has 65 heavy (non-hydrogen) atoms. The number of nitrogens with zero attached hydrogens (tertiary/aromatic N) is 6. The van der Waals surface area contributed by atoms with Crippen LogP contribution in [0.3, 0.4) is 0 Å². The molecule has 2 aliphatic heterocycles. The number of aromatic nitrogens is 3. The fraction of sp³-hybridized carbons (Fsp3) is 0.489. The topological polar surface area (TPSA) is 177 Å². The predicted molar refractivity (Wildman–Crippen MR) is 241 cm³/mol. The molecule has 2 aliphatic carbocycles. The van der Waals surface area contributed by atoms with Gasteiger partial charge in [-0.3, -0.25) is 4.79 Å². The summed E-state index contributed by atoms with van der Waals surface area (Å²) in [5, 5.41) is 9.66. The van der Waals surface area contributed by atoms with Crippen LogP contribution in [0.1, 0.15) is 108 Å². The van der Waals surface area contributed by atoms with E-state index in [1.807, 2.05) is 10.7 Å². The van der Waals surface area contributed by atoms with E-state index in [1.165, 1.54) is 26.2 Å². The maximum atomic E-state index is 15.5. The highest BCUT2D eigenvalue weighted by Crippen LogP contribution is 2.52. The first kappa shape index (κ1) is 44.2. The number of methoxy groups -OCH3 is 4. The Hall–Kier alpha value is -6.01. The Balaban J connectivity index is 1.18. The number of fused-ring (bicyclic) bond motifs is 1. The van der Waals surface area contributed by atoms with E-state index in [-0.39, 0.29) is 74.8 Å². The van der Waals surface area contributed by atoms with E-state index in [2.05, 4.69) is 5.16 Å². The fourth-order valence-electron chi connectivity index (χ4n) is 9.25. The molecule has 2 saturated heterocycles. The lowest BCUT2D eigenvalue weighted by molar-refractivity contribution is -0.117. The van der Waals surface area contributed by atoms with Gasteiger partial charge in [-0.05, 0) is 102 Å². The summed E-state index contributed by atoms with van der Waals surface area (Å²) in [6, 6.07) is 15.2. The molecule has 18 heteroatoms. The number of carbonyl (C=O) groups excluding carboxylic acids is 2. The first-order valence-corrected chi connectivity index (χ1v) is 23.6. The van der Waals surface area contributed by atoms with Crippen LogP contribution in [0.5, 0.6) is 23.0 Å². The number of sulfonamides is 1. The predicted octanol–water partition coefficient (Wildman–Crippen LogP) is 9.15. The zero-order valence-electron chi connectivity index (χ0n) is 37.9. The summed E-state index contributed by atoms with van der Waals surface area (Å²) < 4.78 is 75.2. The van der Waals surface area contributed by atoms with E-state index >= 15 is 8.42 Å². The summed E-state index contributed by atoms with van der Waals surface area (Å²) in [5.41, 5.74) is 1.25. The lowest BCUT2D eigenvalue weighted by atomic mass is 9.74. The number of ether oxygens (including phenoxy) is 6. The largest absolute Gasteiger partial charge is 0.497 e. The van der Waals surface area contributed by atoms with Crippen molar-refractivity contribution in [1.29, 1.82) is 0 Å². The lowest BCUT2D eigenvalue weighted by Crippen LogP contribution is -2.51. The summed E-state index contributed by atoms with van der Waals surface area (Å²) in [4.78, 5) is 30.6. The van der Waals surface area contributed by atoms with Gasteiger partial charge in [-0.25, -0.2) is 27.1 Å². The van der Waals surface area contributed by atoms with Crippen LogP contribution in [-0.2, 0) is 30.8 Å². The lowest BCUT2D eigenvalue weighted by Gasteiger charge is -2.45. The van der Waals surface area contributed by atoms with Gasteiger partial charge in [0.05, 0.1) is 51.7 Å². The third-order valence-corrected chi connectivity index (χ3v) is 14.6. The Bertz CT molecular complexity index is 2690. The number of rotatable bonds is 14. The fourth-order valence-corrected chi connectivity index (χ4v) is 10.9. The Morgan fingerprint density at radius 2 is 1.58 bits per heavy atom. The zero-order valence-corrected chi connectivity index (χ0v) is 38.7. The van der Waals surface area contributed by atoms with E-state index in [4.69, 9.17) is 38.0 Å². The van der Waals surface area contributed by atoms with Gasteiger partial charge < -0.3 is 37.8 Å². The van der Waals surface area contributed by atoms with E-state index in [1.54, 1.807) is 81.3 Å². The molecule has 1 unspecified atom stereocenters. The minimum absolute atomic E-state index is 0.0162. The van der Waals surface area contributed by atoms with Gasteiger partial charge in [0.25, 0.3) is 10.0 Å². The molecule has 0 radical (unpaired) electrons. The second kappa shape index (κ2) is 17.1. The van der Waals surface area contributed by atoms with Gasteiger partial charge in [-0.1, -0.05) is 17.3 Å². The van der Waals surface area contributed by atoms with E-state index in [9.17, 15) is 9.59 Å².